The Bertz CT molecular complexity index is 329. The molecule has 1 aliphatic carbocycles. The molecular formula is C15H28ClN3O2. The lowest BCUT2D eigenvalue weighted by atomic mass is 9.93. The summed E-state index contributed by atoms with van der Waals surface area (Å²) in [5.74, 6) is 0.953. The summed E-state index contributed by atoms with van der Waals surface area (Å²) in [7, 11) is 0. The normalized spacial score (nSPS) is 18.7. The van der Waals surface area contributed by atoms with Crippen LogP contribution in [0.25, 0.3) is 0 Å². The smallest absolute Gasteiger partial charge is 0.220 e. The van der Waals surface area contributed by atoms with Gasteiger partial charge < -0.3 is 16.0 Å². The second-order valence-electron chi connectivity index (χ2n) is 6.03. The number of halogens is 1. The minimum absolute atomic E-state index is 0. The molecular weight excluding hydrogens is 290 g/mol. The number of carbonyl (C=O) groups excluding carboxylic acids is 2. The summed E-state index contributed by atoms with van der Waals surface area (Å²) in [5, 5.41) is 9.20. The van der Waals surface area contributed by atoms with E-state index in [0.717, 1.165) is 38.8 Å². The fourth-order valence-corrected chi connectivity index (χ4v) is 2.60. The maximum atomic E-state index is 11.7. The van der Waals surface area contributed by atoms with E-state index >= 15 is 0 Å². The van der Waals surface area contributed by atoms with Gasteiger partial charge >= 0.3 is 0 Å². The van der Waals surface area contributed by atoms with Crippen LogP contribution in [-0.4, -0.2) is 37.5 Å². The SMILES string of the molecule is Cl.O=C(CCC1CCNCC1)NCCCC(=O)NC1CC1. The predicted molar refractivity (Wildman–Crippen MR) is 85.5 cm³/mol. The van der Waals surface area contributed by atoms with Crippen molar-refractivity contribution in [1.29, 1.82) is 0 Å². The van der Waals surface area contributed by atoms with Crippen molar-refractivity contribution in [2.75, 3.05) is 19.6 Å². The van der Waals surface area contributed by atoms with Crippen LogP contribution in [0.5, 0.6) is 0 Å². The highest BCUT2D eigenvalue weighted by Crippen LogP contribution is 2.19. The molecule has 0 radical (unpaired) electrons. The van der Waals surface area contributed by atoms with Gasteiger partial charge in [-0.3, -0.25) is 9.59 Å². The van der Waals surface area contributed by atoms with E-state index in [9.17, 15) is 9.59 Å². The molecule has 0 aromatic heterocycles. The predicted octanol–water partition coefficient (Wildman–Crippen LogP) is 1.36. The summed E-state index contributed by atoms with van der Waals surface area (Å²) < 4.78 is 0. The molecule has 1 aliphatic heterocycles. The van der Waals surface area contributed by atoms with Crippen LogP contribution in [0.2, 0.25) is 0 Å². The van der Waals surface area contributed by atoms with Crippen LogP contribution >= 0.6 is 12.4 Å². The van der Waals surface area contributed by atoms with Crippen LogP contribution < -0.4 is 16.0 Å². The quantitative estimate of drug-likeness (QED) is 0.592. The molecule has 6 heteroatoms. The van der Waals surface area contributed by atoms with Crippen molar-refractivity contribution >= 4 is 24.2 Å². The molecule has 21 heavy (non-hydrogen) atoms. The summed E-state index contributed by atoms with van der Waals surface area (Å²) in [6, 6.07) is 0.432. The zero-order valence-electron chi connectivity index (χ0n) is 12.7. The van der Waals surface area contributed by atoms with E-state index in [1.54, 1.807) is 0 Å². The van der Waals surface area contributed by atoms with Crippen molar-refractivity contribution in [3.05, 3.63) is 0 Å². The van der Waals surface area contributed by atoms with Crippen LogP contribution in [-0.2, 0) is 9.59 Å². The third kappa shape index (κ3) is 8.27. The van der Waals surface area contributed by atoms with Gasteiger partial charge in [0.05, 0.1) is 0 Å². The summed E-state index contributed by atoms with van der Waals surface area (Å²) in [4.78, 5) is 23.1. The first-order chi connectivity index (χ1) is 9.74. The molecule has 2 rings (SSSR count). The molecule has 5 nitrogen and oxygen atoms in total. The molecule has 0 unspecified atom stereocenters. The van der Waals surface area contributed by atoms with Crippen molar-refractivity contribution in [3.8, 4) is 0 Å². The molecule has 0 spiro atoms. The molecule has 1 saturated carbocycles. The van der Waals surface area contributed by atoms with E-state index in [0.29, 0.717) is 31.3 Å². The first-order valence-electron chi connectivity index (χ1n) is 8.01. The van der Waals surface area contributed by atoms with Gasteiger partial charge in [0.2, 0.25) is 11.8 Å². The van der Waals surface area contributed by atoms with E-state index in [2.05, 4.69) is 16.0 Å². The van der Waals surface area contributed by atoms with E-state index in [1.165, 1.54) is 12.8 Å². The van der Waals surface area contributed by atoms with Crippen molar-refractivity contribution in [3.63, 3.8) is 0 Å². The molecule has 0 atom stereocenters. The average molecular weight is 318 g/mol. The monoisotopic (exact) mass is 317 g/mol. The largest absolute Gasteiger partial charge is 0.356 e. The van der Waals surface area contributed by atoms with Crippen molar-refractivity contribution in [1.82, 2.24) is 16.0 Å². The number of rotatable bonds is 8. The lowest BCUT2D eigenvalue weighted by Crippen LogP contribution is -2.30. The van der Waals surface area contributed by atoms with Gasteiger partial charge in [0, 0.05) is 25.4 Å². The van der Waals surface area contributed by atoms with Crippen molar-refractivity contribution in [2.24, 2.45) is 5.92 Å². The zero-order chi connectivity index (χ0) is 14.2. The van der Waals surface area contributed by atoms with Gasteiger partial charge in [-0.2, -0.15) is 0 Å². The molecule has 0 aromatic carbocycles. The second kappa shape index (κ2) is 10.0. The molecule has 1 heterocycles. The van der Waals surface area contributed by atoms with Gasteiger partial charge in [0.25, 0.3) is 0 Å². The lowest BCUT2D eigenvalue weighted by molar-refractivity contribution is -0.123. The number of hydrogen-bond acceptors (Lipinski definition) is 3. The summed E-state index contributed by atoms with van der Waals surface area (Å²) >= 11 is 0. The van der Waals surface area contributed by atoms with Crippen molar-refractivity contribution in [2.45, 2.75) is 57.4 Å². The average Bonchev–Trinajstić information content (AvgIpc) is 3.26. The van der Waals surface area contributed by atoms with Gasteiger partial charge in [-0.1, -0.05) is 0 Å². The summed E-state index contributed by atoms with van der Waals surface area (Å²) in [6.45, 7) is 2.79. The maximum absolute atomic E-state index is 11.7. The number of nitrogens with one attached hydrogen (secondary N) is 3. The highest BCUT2D eigenvalue weighted by Gasteiger charge is 2.22. The third-order valence-electron chi connectivity index (χ3n) is 4.08. The Kier molecular flexibility index (Phi) is 8.69. The molecule has 2 amide bonds. The lowest BCUT2D eigenvalue weighted by Gasteiger charge is -2.22. The van der Waals surface area contributed by atoms with Crippen LogP contribution in [0.4, 0.5) is 0 Å². The van der Waals surface area contributed by atoms with Gasteiger partial charge in [-0.25, -0.2) is 0 Å². The van der Waals surface area contributed by atoms with E-state index < -0.39 is 0 Å². The maximum Gasteiger partial charge on any atom is 0.220 e. The fraction of sp³-hybridized carbons (Fsp3) is 0.867. The van der Waals surface area contributed by atoms with E-state index in [1.807, 2.05) is 0 Å². The minimum Gasteiger partial charge on any atom is -0.356 e. The highest BCUT2D eigenvalue weighted by molar-refractivity contribution is 5.85. The Morgan fingerprint density at radius 1 is 1.00 bits per heavy atom. The van der Waals surface area contributed by atoms with Gasteiger partial charge in [0.1, 0.15) is 0 Å². The molecule has 122 valence electrons. The molecule has 1 saturated heterocycles. The Labute approximate surface area is 133 Å². The number of hydrogen-bond donors (Lipinski definition) is 3. The summed E-state index contributed by atoms with van der Waals surface area (Å²) in [5.41, 5.74) is 0. The summed E-state index contributed by atoms with van der Waals surface area (Å²) in [6.07, 6.45) is 7.50. The fourth-order valence-electron chi connectivity index (χ4n) is 2.60. The van der Waals surface area contributed by atoms with Crippen LogP contribution in [0.1, 0.15) is 51.4 Å². The van der Waals surface area contributed by atoms with E-state index in [-0.39, 0.29) is 24.2 Å². The molecule has 0 aromatic rings. The molecule has 3 N–H and O–H groups in total. The van der Waals surface area contributed by atoms with Gasteiger partial charge in [-0.15, -0.1) is 12.4 Å². The number of piperidine rings is 1. The minimum atomic E-state index is 0. The van der Waals surface area contributed by atoms with Crippen LogP contribution in [0.3, 0.4) is 0 Å². The number of amides is 2. The second-order valence-corrected chi connectivity index (χ2v) is 6.03. The van der Waals surface area contributed by atoms with Gasteiger partial charge in [-0.05, 0) is 57.5 Å². The first-order valence-corrected chi connectivity index (χ1v) is 8.01. The van der Waals surface area contributed by atoms with E-state index in [4.69, 9.17) is 0 Å². The highest BCUT2D eigenvalue weighted by atomic mass is 35.5. The Morgan fingerprint density at radius 2 is 1.71 bits per heavy atom. The molecule has 2 fully saturated rings. The third-order valence-corrected chi connectivity index (χ3v) is 4.08. The van der Waals surface area contributed by atoms with Crippen molar-refractivity contribution < 1.29 is 9.59 Å². The Morgan fingerprint density at radius 3 is 2.38 bits per heavy atom. The standard InChI is InChI=1S/C15H27N3O2.ClH/c19-14(6-3-12-7-10-16-11-8-12)17-9-1-2-15(20)18-13-4-5-13;/h12-13,16H,1-11H2,(H,17,19)(H,18,20);1H. The molecule has 0 bridgehead atoms. The van der Waals surface area contributed by atoms with Gasteiger partial charge in [0.15, 0.2) is 0 Å². The molecule has 2 aliphatic rings. The van der Waals surface area contributed by atoms with Crippen LogP contribution in [0, 0.1) is 5.92 Å². The van der Waals surface area contributed by atoms with Crippen LogP contribution in [0.15, 0.2) is 0 Å². The number of carbonyl (C=O) groups is 2. The first kappa shape index (κ1) is 18.2. The zero-order valence-corrected chi connectivity index (χ0v) is 13.5. The Balaban J connectivity index is 0.00000220. The topological polar surface area (TPSA) is 70.2 Å². The Hall–Kier alpha value is -0.810.